The number of amides is 1. The number of hydrogen-bond donors (Lipinski definition) is 1. The quantitative estimate of drug-likeness (QED) is 0.485. The Morgan fingerprint density at radius 2 is 2.00 bits per heavy atom. The second kappa shape index (κ2) is 6.43. The summed E-state index contributed by atoms with van der Waals surface area (Å²) in [5.74, 6) is -0.0625. The Morgan fingerprint density at radius 1 is 1.56 bits per heavy atom. The summed E-state index contributed by atoms with van der Waals surface area (Å²) in [4.78, 5) is 10.5. The summed E-state index contributed by atoms with van der Waals surface area (Å²) in [6.07, 6.45) is 2.72. The van der Waals surface area contributed by atoms with Gasteiger partial charge in [0.1, 0.15) is 0 Å². The summed E-state index contributed by atoms with van der Waals surface area (Å²) >= 11 is 0. The number of hydrogen-bond acceptors (Lipinski definition) is 1. The van der Waals surface area contributed by atoms with Crippen LogP contribution in [-0.4, -0.2) is 13.0 Å². The molecular formula is C6H10NOY-. The Bertz CT molecular complexity index is 120. The molecule has 1 radical (unpaired) electrons. The molecule has 9 heavy (non-hydrogen) atoms. The molecule has 0 spiro atoms. The third-order valence-corrected chi connectivity index (χ3v) is 0.943. The summed E-state index contributed by atoms with van der Waals surface area (Å²) in [5.41, 5.74) is 0.632. The maximum atomic E-state index is 10.5. The van der Waals surface area contributed by atoms with Crippen LogP contribution in [0, 0.1) is 6.08 Å². The van der Waals surface area contributed by atoms with Crippen LogP contribution in [0.15, 0.2) is 5.57 Å². The van der Waals surface area contributed by atoms with Crippen LogP contribution in [-0.2, 0) is 37.5 Å². The molecule has 0 aliphatic rings. The minimum Gasteiger partial charge on any atom is -0.433 e. The average Bonchev–Trinajstić information content (AvgIpc) is 1.84. The van der Waals surface area contributed by atoms with E-state index in [1.165, 1.54) is 0 Å². The first-order valence-electron chi connectivity index (χ1n) is 2.45. The predicted octanol–water partition coefficient (Wildman–Crippen LogP) is 0.499. The molecule has 2 nitrogen and oxygen atoms in total. The summed E-state index contributed by atoms with van der Waals surface area (Å²) in [5, 5.41) is 2.48. The molecule has 0 atom stereocenters. The normalized spacial score (nSPS) is 9.89. The molecule has 0 rings (SSSR count). The van der Waals surface area contributed by atoms with E-state index in [0.717, 1.165) is 0 Å². The zero-order valence-electron chi connectivity index (χ0n) is 5.99. The number of rotatable bonds is 1. The van der Waals surface area contributed by atoms with Crippen molar-refractivity contribution in [2.24, 2.45) is 0 Å². The van der Waals surface area contributed by atoms with Gasteiger partial charge >= 0.3 is 0 Å². The number of carbonyl (C=O) groups is 1. The van der Waals surface area contributed by atoms with Gasteiger partial charge in [-0.1, -0.05) is 6.92 Å². The molecule has 0 aromatic carbocycles. The topological polar surface area (TPSA) is 29.1 Å². The molecule has 0 saturated heterocycles. The molecule has 0 aromatic rings. The zero-order valence-corrected chi connectivity index (χ0v) is 8.82. The van der Waals surface area contributed by atoms with Crippen LogP contribution in [0.5, 0.6) is 0 Å². The van der Waals surface area contributed by atoms with Crippen LogP contribution in [0.25, 0.3) is 0 Å². The van der Waals surface area contributed by atoms with Crippen LogP contribution in [0.3, 0.4) is 0 Å². The van der Waals surface area contributed by atoms with E-state index in [9.17, 15) is 4.79 Å². The monoisotopic (exact) mass is 201 g/mol. The van der Waals surface area contributed by atoms with Crippen molar-refractivity contribution in [2.45, 2.75) is 13.8 Å². The van der Waals surface area contributed by atoms with Crippen LogP contribution < -0.4 is 5.32 Å². The van der Waals surface area contributed by atoms with E-state index >= 15 is 0 Å². The molecule has 49 valence electrons. The molecule has 0 fully saturated rings. The van der Waals surface area contributed by atoms with Crippen LogP contribution >= 0.6 is 0 Å². The Hall–Kier alpha value is 0.314. The minimum atomic E-state index is -0.0625. The molecule has 0 aromatic heterocycles. The van der Waals surface area contributed by atoms with E-state index in [1.54, 1.807) is 20.9 Å². The number of likely N-dealkylation sites (N-methyl/N-ethyl adjacent to an activating group) is 1. The van der Waals surface area contributed by atoms with Crippen molar-refractivity contribution < 1.29 is 37.5 Å². The van der Waals surface area contributed by atoms with Gasteiger partial charge in [0.05, 0.1) is 5.91 Å². The molecule has 0 bridgehead atoms. The van der Waals surface area contributed by atoms with Crippen molar-refractivity contribution in [2.75, 3.05) is 7.05 Å². The summed E-state index contributed by atoms with van der Waals surface area (Å²) < 4.78 is 0. The molecule has 3 heteroatoms. The first-order chi connectivity index (χ1) is 3.72. The first-order valence-corrected chi connectivity index (χ1v) is 2.45. The van der Waals surface area contributed by atoms with E-state index < -0.39 is 0 Å². The SMILES string of the molecule is C[C-]=C(C)C(=O)NC.[Y]. The molecular weight excluding hydrogens is 191 g/mol. The van der Waals surface area contributed by atoms with Gasteiger partial charge in [-0.05, 0) is 7.05 Å². The van der Waals surface area contributed by atoms with Gasteiger partial charge in [-0.2, -0.15) is 5.57 Å². The molecule has 1 amide bonds. The second-order valence-corrected chi connectivity index (χ2v) is 1.45. The van der Waals surface area contributed by atoms with Gasteiger partial charge in [-0.15, -0.1) is 6.92 Å². The van der Waals surface area contributed by atoms with Crippen molar-refractivity contribution in [1.29, 1.82) is 0 Å². The fraction of sp³-hybridized carbons (Fsp3) is 0.500. The van der Waals surface area contributed by atoms with E-state index in [0.29, 0.717) is 5.57 Å². The van der Waals surface area contributed by atoms with Gasteiger partial charge in [0.25, 0.3) is 0 Å². The average molecular weight is 201 g/mol. The standard InChI is InChI=1S/C6H10NO.Y/c1-4-5(2)6(8)7-3;/h1-3H3,(H,7,8);/q-1;. The van der Waals surface area contributed by atoms with Crippen LogP contribution in [0.4, 0.5) is 0 Å². The minimum absolute atomic E-state index is 0. The Kier molecular flexibility index (Phi) is 8.60. The van der Waals surface area contributed by atoms with E-state index in [1.807, 2.05) is 0 Å². The molecule has 0 aliphatic heterocycles. The third-order valence-electron chi connectivity index (χ3n) is 0.943. The van der Waals surface area contributed by atoms with Gasteiger partial charge in [0, 0.05) is 32.7 Å². The van der Waals surface area contributed by atoms with Crippen molar-refractivity contribution in [3.05, 3.63) is 11.6 Å². The zero-order chi connectivity index (χ0) is 6.57. The Morgan fingerprint density at radius 3 is 2.11 bits per heavy atom. The Balaban J connectivity index is 0. The number of carbonyl (C=O) groups excluding carboxylic acids is 1. The molecule has 0 unspecified atom stereocenters. The fourth-order valence-corrected chi connectivity index (χ4v) is 0.301. The molecule has 1 N–H and O–H groups in total. The summed E-state index contributed by atoms with van der Waals surface area (Å²) in [6, 6.07) is 0. The van der Waals surface area contributed by atoms with Crippen LogP contribution in [0.2, 0.25) is 0 Å². The van der Waals surface area contributed by atoms with Gasteiger partial charge in [0.2, 0.25) is 0 Å². The van der Waals surface area contributed by atoms with Crippen molar-refractivity contribution in [1.82, 2.24) is 5.32 Å². The van der Waals surface area contributed by atoms with Crippen molar-refractivity contribution in [3.8, 4) is 0 Å². The van der Waals surface area contributed by atoms with E-state index in [4.69, 9.17) is 0 Å². The largest absolute Gasteiger partial charge is 0.433 e. The fourth-order valence-electron chi connectivity index (χ4n) is 0.301. The van der Waals surface area contributed by atoms with Gasteiger partial charge in [-0.25, -0.2) is 0 Å². The maximum absolute atomic E-state index is 10.5. The summed E-state index contributed by atoms with van der Waals surface area (Å²) in [6.45, 7) is 3.43. The smallest absolute Gasteiger partial charge is 0.0871 e. The van der Waals surface area contributed by atoms with Crippen molar-refractivity contribution in [3.63, 3.8) is 0 Å². The first kappa shape index (κ1) is 12.0. The number of nitrogens with one attached hydrogen (secondary N) is 1. The maximum Gasteiger partial charge on any atom is 0.0871 e. The van der Waals surface area contributed by atoms with Crippen LogP contribution in [0.1, 0.15) is 13.8 Å². The van der Waals surface area contributed by atoms with E-state index in [-0.39, 0.29) is 38.6 Å². The van der Waals surface area contributed by atoms with E-state index in [2.05, 4.69) is 11.4 Å². The molecule has 0 aliphatic carbocycles. The predicted molar refractivity (Wildman–Crippen MR) is 32.2 cm³/mol. The third kappa shape index (κ3) is 4.80. The second-order valence-electron chi connectivity index (χ2n) is 1.45. The summed E-state index contributed by atoms with van der Waals surface area (Å²) in [7, 11) is 1.60. The van der Waals surface area contributed by atoms with Gasteiger partial charge < -0.3 is 10.1 Å². The van der Waals surface area contributed by atoms with Crippen molar-refractivity contribution >= 4 is 5.91 Å². The number of allylic oxidation sites excluding steroid dienone is 1. The molecule has 0 heterocycles. The van der Waals surface area contributed by atoms with Gasteiger partial charge in [-0.3, -0.25) is 6.08 Å². The van der Waals surface area contributed by atoms with Gasteiger partial charge in [0.15, 0.2) is 0 Å². The molecule has 0 saturated carbocycles. The Labute approximate surface area is 81.0 Å².